The van der Waals surface area contributed by atoms with Crippen LogP contribution in [0.4, 0.5) is 0 Å². The first-order valence-corrected chi connectivity index (χ1v) is 2.56. The van der Waals surface area contributed by atoms with Crippen molar-refractivity contribution in [1.82, 2.24) is 0 Å². The third-order valence-electron chi connectivity index (χ3n) is 0.588. The summed E-state index contributed by atoms with van der Waals surface area (Å²) in [4.78, 5) is 7.86. The molecule has 62 valence electrons. The number of hydrogen-bond donors (Lipinski definition) is 2. The van der Waals surface area contributed by atoms with Gasteiger partial charge in [0.05, 0.1) is 14.2 Å². The highest BCUT2D eigenvalue weighted by Crippen LogP contribution is 1.62. The normalized spacial score (nSPS) is 16.8. The van der Waals surface area contributed by atoms with Crippen molar-refractivity contribution in [3.8, 4) is 0 Å². The highest BCUT2D eigenvalue weighted by atomic mass is 17.6. The van der Waals surface area contributed by atoms with E-state index in [0.717, 1.165) is 0 Å². The van der Waals surface area contributed by atoms with Crippen molar-refractivity contribution in [2.75, 3.05) is 20.8 Å². The van der Waals surface area contributed by atoms with Crippen molar-refractivity contribution in [1.29, 1.82) is 0 Å². The molecule has 7 nitrogen and oxygen atoms in total. The molecule has 0 radical (unpaired) electrons. The van der Waals surface area contributed by atoms with Crippen molar-refractivity contribution < 1.29 is 25.2 Å². The summed E-state index contributed by atoms with van der Waals surface area (Å²) in [5.41, 5.74) is 0. The zero-order valence-corrected chi connectivity index (χ0v) is 5.75. The van der Waals surface area contributed by atoms with Gasteiger partial charge in [-0.15, -0.1) is 5.23 Å². The van der Waals surface area contributed by atoms with Crippen LogP contribution < -0.4 is 10.3 Å². The van der Waals surface area contributed by atoms with Crippen molar-refractivity contribution in [3.63, 3.8) is 0 Å². The maximum atomic E-state index is 10.4. The molecule has 0 aliphatic heterocycles. The number of nitrogens with one attached hydrogen (secondary N) is 2. The van der Waals surface area contributed by atoms with E-state index < -0.39 is 5.23 Å². The standard InChI is InChI=1S/C3H10N2O5/c1-4(6)3-5(7)9-10-8-2/h4-5H,3H2,1-2H3. The molecule has 0 amide bonds. The average Bonchev–Trinajstić information content (AvgIpc) is 1.82. The average molecular weight is 154 g/mol. The molecule has 0 saturated carbocycles. The lowest BCUT2D eigenvalue weighted by Crippen LogP contribution is -3.25. The number of hydrogen-bond acceptors (Lipinski definition) is 5. The molecular weight excluding hydrogens is 144 g/mol. The fourth-order valence-electron chi connectivity index (χ4n) is 0.305. The van der Waals surface area contributed by atoms with Gasteiger partial charge < -0.3 is 15.5 Å². The first kappa shape index (κ1) is 9.72. The van der Waals surface area contributed by atoms with Crippen molar-refractivity contribution in [2.24, 2.45) is 0 Å². The second kappa shape index (κ2) is 5.50. The van der Waals surface area contributed by atoms with Gasteiger partial charge in [-0.25, -0.2) is 4.89 Å². The Balaban J connectivity index is 3.16. The molecule has 0 saturated heterocycles. The highest BCUT2D eigenvalue weighted by molar-refractivity contribution is 3.97. The van der Waals surface area contributed by atoms with E-state index in [9.17, 15) is 10.4 Å². The largest absolute Gasteiger partial charge is 0.630 e. The SMILES string of the molecule is COOO[NH+]([O-])C[NH+](C)[O-]. The van der Waals surface area contributed by atoms with Crippen molar-refractivity contribution in [2.45, 2.75) is 0 Å². The zero-order chi connectivity index (χ0) is 7.98. The summed E-state index contributed by atoms with van der Waals surface area (Å²) in [6.45, 7) is -0.302. The first-order chi connectivity index (χ1) is 4.66. The molecule has 0 rings (SSSR count). The lowest BCUT2D eigenvalue weighted by atomic mass is 11.0. The minimum atomic E-state index is -0.769. The molecule has 0 aliphatic rings. The number of hydroxylamine groups is 4. The van der Waals surface area contributed by atoms with Gasteiger partial charge in [0.15, 0.2) is 0 Å². The molecule has 0 aliphatic carbocycles. The van der Waals surface area contributed by atoms with Gasteiger partial charge in [-0.05, 0) is 5.04 Å². The fraction of sp³-hybridized carbons (Fsp3) is 1.00. The van der Waals surface area contributed by atoms with Crippen LogP contribution >= 0.6 is 0 Å². The molecule has 2 unspecified atom stereocenters. The molecule has 2 N–H and O–H groups in total. The maximum Gasteiger partial charge on any atom is 0.236 e. The predicted molar refractivity (Wildman–Crippen MR) is 28.6 cm³/mol. The van der Waals surface area contributed by atoms with Crippen molar-refractivity contribution in [3.05, 3.63) is 10.4 Å². The van der Waals surface area contributed by atoms with Gasteiger partial charge in [-0.2, -0.15) is 0 Å². The van der Waals surface area contributed by atoms with Crippen LogP contribution in [0.5, 0.6) is 0 Å². The van der Waals surface area contributed by atoms with Crippen LogP contribution in [0.2, 0.25) is 0 Å². The molecule has 0 aromatic heterocycles. The van der Waals surface area contributed by atoms with E-state index in [1.165, 1.54) is 14.2 Å². The van der Waals surface area contributed by atoms with Crippen LogP contribution in [0.15, 0.2) is 0 Å². The molecule has 0 bridgehead atoms. The Morgan fingerprint density at radius 2 is 2.00 bits per heavy atom. The van der Waals surface area contributed by atoms with Crippen LogP contribution in [0.3, 0.4) is 0 Å². The summed E-state index contributed by atoms with van der Waals surface area (Å²) >= 11 is 0. The highest BCUT2D eigenvalue weighted by Gasteiger charge is 1.99. The molecule has 2 atom stereocenters. The summed E-state index contributed by atoms with van der Waals surface area (Å²) in [5.74, 6) is 0. The van der Waals surface area contributed by atoms with Gasteiger partial charge in [0.1, 0.15) is 0 Å². The predicted octanol–water partition coefficient (Wildman–Crippen LogP) is -3.24. The monoisotopic (exact) mass is 154 g/mol. The number of rotatable bonds is 5. The summed E-state index contributed by atoms with van der Waals surface area (Å²) in [6.07, 6.45) is 0. The fourth-order valence-corrected chi connectivity index (χ4v) is 0.305. The van der Waals surface area contributed by atoms with Gasteiger partial charge in [0.25, 0.3) is 0 Å². The molecule has 0 aromatic carbocycles. The van der Waals surface area contributed by atoms with E-state index in [-0.39, 0.29) is 11.7 Å². The summed E-state index contributed by atoms with van der Waals surface area (Å²) in [7, 11) is 2.45. The van der Waals surface area contributed by atoms with Crippen LogP contribution in [0.1, 0.15) is 0 Å². The zero-order valence-electron chi connectivity index (χ0n) is 5.75. The Labute approximate surface area is 57.6 Å². The van der Waals surface area contributed by atoms with E-state index in [2.05, 4.69) is 14.9 Å². The quantitative estimate of drug-likeness (QED) is 0.247. The third-order valence-corrected chi connectivity index (χ3v) is 0.588. The van der Waals surface area contributed by atoms with Gasteiger partial charge in [0.2, 0.25) is 6.67 Å². The van der Waals surface area contributed by atoms with E-state index in [1.807, 2.05) is 0 Å². The first-order valence-electron chi connectivity index (χ1n) is 2.56. The lowest BCUT2D eigenvalue weighted by Gasteiger charge is -2.21. The second-order valence-corrected chi connectivity index (χ2v) is 1.57. The molecule has 7 heteroatoms. The number of quaternary nitrogens is 2. The molecule has 0 fully saturated rings. The smallest absolute Gasteiger partial charge is 0.236 e. The van der Waals surface area contributed by atoms with Crippen LogP contribution in [0, 0.1) is 10.4 Å². The Bertz CT molecular complexity index is 79.3. The molecule has 0 spiro atoms. The summed E-state index contributed by atoms with van der Waals surface area (Å²) < 4.78 is 0. The van der Waals surface area contributed by atoms with E-state index in [1.54, 1.807) is 0 Å². The Kier molecular flexibility index (Phi) is 5.35. The maximum absolute atomic E-state index is 10.4. The van der Waals surface area contributed by atoms with Gasteiger partial charge in [0, 0.05) is 4.99 Å². The molecule has 0 heterocycles. The summed E-state index contributed by atoms with van der Waals surface area (Å²) in [5, 5.41) is 23.3. The third kappa shape index (κ3) is 5.85. The van der Waals surface area contributed by atoms with Crippen LogP contribution in [-0.2, 0) is 14.9 Å². The Hall–Kier alpha value is -0.280. The topological polar surface area (TPSA) is 82.7 Å². The minimum Gasteiger partial charge on any atom is -0.630 e. The minimum absolute atomic E-state index is 0.287. The van der Waals surface area contributed by atoms with E-state index >= 15 is 0 Å². The molecule has 0 aromatic rings. The Morgan fingerprint density at radius 1 is 1.40 bits per heavy atom. The van der Waals surface area contributed by atoms with Gasteiger partial charge in [-0.3, -0.25) is 0 Å². The second-order valence-electron chi connectivity index (χ2n) is 1.57. The van der Waals surface area contributed by atoms with Gasteiger partial charge in [-0.1, -0.05) is 0 Å². The van der Waals surface area contributed by atoms with E-state index in [4.69, 9.17) is 0 Å². The van der Waals surface area contributed by atoms with Crippen LogP contribution in [0.25, 0.3) is 0 Å². The van der Waals surface area contributed by atoms with Crippen molar-refractivity contribution >= 4 is 0 Å². The molecule has 10 heavy (non-hydrogen) atoms. The summed E-state index contributed by atoms with van der Waals surface area (Å²) in [6, 6.07) is 0. The molecular formula is C3H10N2O5. The lowest BCUT2D eigenvalue weighted by molar-refractivity contribution is -1.19. The van der Waals surface area contributed by atoms with E-state index in [0.29, 0.717) is 0 Å². The Morgan fingerprint density at radius 3 is 2.40 bits per heavy atom. The van der Waals surface area contributed by atoms with Crippen LogP contribution in [-0.4, -0.2) is 20.8 Å². The van der Waals surface area contributed by atoms with Gasteiger partial charge >= 0.3 is 0 Å².